The number of para-hydroxylation sites is 1. The molecule has 2 bridgehead atoms. The molecule has 0 saturated heterocycles. The van der Waals surface area contributed by atoms with Crippen molar-refractivity contribution in [2.45, 2.75) is 26.7 Å². The molecule has 1 aromatic carbocycles. The van der Waals surface area contributed by atoms with Crippen molar-refractivity contribution >= 4 is 22.7 Å². The maximum atomic E-state index is 5.01. The first-order valence-electron chi connectivity index (χ1n) is 9.14. The summed E-state index contributed by atoms with van der Waals surface area (Å²) in [5, 5.41) is 3.62. The van der Waals surface area contributed by atoms with Crippen LogP contribution in [0.25, 0.3) is 11.2 Å². The van der Waals surface area contributed by atoms with E-state index in [1.54, 1.807) is 0 Å². The van der Waals surface area contributed by atoms with Gasteiger partial charge in [0.25, 0.3) is 0 Å². The molecule has 0 amide bonds. The third-order valence-electron chi connectivity index (χ3n) is 6.31. The summed E-state index contributed by atoms with van der Waals surface area (Å²) in [5.41, 5.74) is 5.03. The average Bonchev–Trinajstić information content (AvgIpc) is 3.01. The molecule has 1 N–H and O–H groups in total. The largest absolute Gasteiger partial charge is 0.339 e. The first-order valence-corrected chi connectivity index (χ1v) is 9.14. The third kappa shape index (κ3) is 2.15. The van der Waals surface area contributed by atoms with Crippen LogP contribution in [0.1, 0.15) is 32.4 Å². The van der Waals surface area contributed by atoms with Crippen LogP contribution in [0.3, 0.4) is 0 Å². The molecule has 2 heterocycles. The molecule has 3 nitrogen and oxygen atoms in total. The molecule has 126 valence electrons. The lowest BCUT2D eigenvalue weighted by Gasteiger charge is -2.56. The van der Waals surface area contributed by atoms with E-state index in [1.165, 1.54) is 18.4 Å². The van der Waals surface area contributed by atoms with Gasteiger partial charge >= 0.3 is 0 Å². The molecular weight excluding hydrogens is 306 g/mol. The van der Waals surface area contributed by atoms with Crippen LogP contribution < -0.4 is 5.32 Å². The van der Waals surface area contributed by atoms with Gasteiger partial charge in [0, 0.05) is 11.9 Å². The van der Waals surface area contributed by atoms with Gasteiger partial charge in [-0.2, -0.15) is 0 Å². The fraction of sp³-hybridized carbons (Fsp3) is 0.318. The molecule has 0 unspecified atom stereocenters. The summed E-state index contributed by atoms with van der Waals surface area (Å²) in [4.78, 5) is 5.01. The number of imidazole rings is 1. The highest BCUT2D eigenvalue weighted by molar-refractivity contribution is 5.80. The van der Waals surface area contributed by atoms with Crippen molar-refractivity contribution in [1.82, 2.24) is 9.38 Å². The number of hydrogen-bond acceptors (Lipinski definition) is 2. The normalized spacial score (nSPS) is 23.8. The molecule has 25 heavy (non-hydrogen) atoms. The zero-order chi connectivity index (χ0) is 17.0. The van der Waals surface area contributed by atoms with Gasteiger partial charge in [-0.3, -0.25) is 4.40 Å². The van der Waals surface area contributed by atoms with E-state index in [2.05, 4.69) is 78.3 Å². The lowest BCUT2D eigenvalue weighted by Crippen LogP contribution is -2.47. The number of aromatic nitrogens is 2. The SMILES string of the molecule is CC1(C)[C@H]2CC=C(c3nc4ccccn4c3Nc3ccccc3)[C@H]1C2. The summed E-state index contributed by atoms with van der Waals surface area (Å²) in [6.07, 6.45) is 7.01. The number of anilines is 2. The monoisotopic (exact) mass is 329 g/mol. The van der Waals surface area contributed by atoms with Crippen molar-refractivity contribution in [2.24, 2.45) is 17.3 Å². The van der Waals surface area contributed by atoms with E-state index >= 15 is 0 Å². The van der Waals surface area contributed by atoms with Gasteiger partial charge in [0.2, 0.25) is 0 Å². The van der Waals surface area contributed by atoms with Crippen LogP contribution in [-0.4, -0.2) is 9.38 Å². The molecule has 2 aromatic heterocycles. The molecule has 2 atom stereocenters. The molecule has 3 heteroatoms. The summed E-state index contributed by atoms with van der Waals surface area (Å²) in [5.74, 6) is 2.53. The number of nitrogens with one attached hydrogen (secondary N) is 1. The quantitative estimate of drug-likeness (QED) is 0.685. The highest BCUT2D eigenvalue weighted by atomic mass is 15.1. The molecule has 3 aliphatic rings. The predicted molar refractivity (Wildman–Crippen MR) is 103 cm³/mol. The summed E-state index contributed by atoms with van der Waals surface area (Å²) in [7, 11) is 0. The van der Waals surface area contributed by atoms with E-state index in [1.807, 2.05) is 6.07 Å². The summed E-state index contributed by atoms with van der Waals surface area (Å²) < 4.78 is 2.17. The minimum atomic E-state index is 0.393. The standard InChI is InChI=1S/C22H23N3/c1-22(2)15-11-12-17(18(22)14-15)20-21(23-16-8-4-3-5-9-16)25-13-7-6-10-19(25)24-20/h3-10,12-13,15,18,23H,11,14H2,1-2H3/t15-,18+/m0/s1. The van der Waals surface area contributed by atoms with Crippen molar-refractivity contribution in [2.75, 3.05) is 5.32 Å². The van der Waals surface area contributed by atoms with Gasteiger partial charge in [-0.1, -0.05) is 44.2 Å². The van der Waals surface area contributed by atoms with Gasteiger partial charge in [-0.05, 0) is 59.9 Å². The first kappa shape index (κ1) is 14.8. The van der Waals surface area contributed by atoms with Crippen LogP contribution >= 0.6 is 0 Å². The zero-order valence-electron chi connectivity index (χ0n) is 14.7. The first-order chi connectivity index (χ1) is 12.1. The van der Waals surface area contributed by atoms with Crippen molar-refractivity contribution in [3.8, 4) is 0 Å². The third-order valence-corrected chi connectivity index (χ3v) is 6.31. The Bertz CT molecular complexity index is 965. The van der Waals surface area contributed by atoms with Crippen molar-refractivity contribution < 1.29 is 0 Å². The lowest BCUT2D eigenvalue weighted by molar-refractivity contribution is 0.0111. The van der Waals surface area contributed by atoms with Crippen LogP contribution in [-0.2, 0) is 0 Å². The lowest BCUT2D eigenvalue weighted by atomic mass is 9.48. The second kappa shape index (κ2) is 5.22. The van der Waals surface area contributed by atoms with Crippen LogP contribution in [0.5, 0.6) is 0 Å². The predicted octanol–water partition coefficient (Wildman–Crippen LogP) is 5.53. The number of allylic oxidation sites excluding steroid dienone is 2. The fourth-order valence-electron chi connectivity index (χ4n) is 4.59. The van der Waals surface area contributed by atoms with Crippen LogP contribution in [0, 0.1) is 17.3 Å². The van der Waals surface area contributed by atoms with E-state index in [9.17, 15) is 0 Å². The van der Waals surface area contributed by atoms with Crippen LogP contribution in [0.2, 0.25) is 0 Å². The Balaban J connectivity index is 1.66. The van der Waals surface area contributed by atoms with Gasteiger partial charge in [0.05, 0.1) is 0 Å². The molecule has 1 fully saturated rings. The van der Waals surface area contributed by atoms with Crippen LogP contribution in [0.4, 0.5) is 11.5 Å². The maximum Gasteiger partial charge on any atom is 0.142 e. The number of fused-ring (bicyclic) bond motifs is 2. The van der Waals surface area contributed by atoms with Gasteiger partial charge in [-0.25, -0.2) is 4.98 Å². The zero-order valence-corrected chi connectivity index (χ0v) is 14.7. The molecular formula is C22H23N3. The highest BCUT2D eigenvalue weighted by Crippen LogP contribution is 2.61. The molecule has 1 saturated carbocycles. The van der Waals surface area contributed by atoms with E-state index in [-0.39, 0.29) is 0 Å². The minimum Gasteiger partial charge on any atom is -0.339 e. The molecule has 3 aromatic rings. The van der Waals surface area contributed by atoms with Crippen molar-refractivity contribution in [1.29, 1.82) is 0 Å². The molecule has 6 rings (SSSR count). The number of hydrogen-bond donors (Lipinski definition) is 1. The van der Waals surface area contributed by atoms with Crippen LogP contribution in [0.15, 0.2) is 60.8 Å². The van der Waals surface area contributed by atoms with E-state index < -0.39 is 0 Å². The Morgan fingerprint density at radius 3 is 2.64 bits per heavy atom. The Hall–Kier alpha value is -2.55. The molecule has 0 aliphatic heterocycles. The van der Waals surface area contributed by atoms with Crippen molar-refractivity contribution in [3.05, 3.63) is 66.5 Å². The molecule has 0 radical (unpaired) electrons. The average molecular weight is 329 g/mol. The Labute approximate surface area is 148 Å². The number of rotatable bonds is 3. The van der Waals surface area contributed by atoms with E-state index in [0.717, 1.165) is 28.8 Å². The summed E-state index contributed by atoms with van der Waals surface area (Å²) in [6, 6.07) is 16.6. The second-order valence-corrected chi connectivity index (χ2v) is 7.93. The van der Waals surface area contributed by atoms with Gasteiger partial charge < -0.3 is 5.32 Å². The van der Waals surface area contributed by atoms with Crippen molar-refractivity contribution in [3.63, 3.8) is 0 Å². The molecule has 3 aliphatic carbocycles. The topological polar surface area (TPSA) is 29.3 Å². The van der Waals surface area contributed by atoms with E-state index in [4.69, 9.17) is 4.98 Å². The highest BCUT2D eigenvalue weighted by Gasteiger charge is 2.52. The smallest absolute Gasteiger partial charge is 0.142 e. The van der Waals surface area contributed by atoms with Gasteiger partial charge in [-0.15, -0.1) is 0 Å². The van der Waals surface area contributed by atoms with Gasteiger partial charge in [0.1, 0.15) is 17.2 Å². The maximum absolute atomic E-state index is 5.01. The fourth-order valence-corrected chi connectivity index (χ4v) is 4.59. The minimum absolute atomic E-state index is 0.393. The molecule has 0 spiro atoms. The van der Waals surface area contributed by atoms with E-state index in [0.29, 0.717) is 11.3 Å². The second-order valence-electron chi connectivity index (χ2n) is 7.93. The Morgan fingerprint density at radius 2 is 1.88 bits per heavy atom. The number of benzene rings is 1. The van der Waals surface area contributed by atoms with Gasteiger partial charge in [0.15, 0.2) is 0 Å². The summed E-state index contributed by atoms with van der Waals surface area (Å²) >= 11 is 0. The summed E-state index contributed by atoms with van der Waals surface area (Å²) in [6.45, 7) is 4.83. The Morgan fingerprint density at radius 1 is 1.08 bits per heavy atom. The number of nitrogens with zero attached hydrogens (tertiary/aromatic N) is 2. The number of pyridine rings is 1. The Kier molecular flexibility index (Phi) is 3.08.